The Hall–Kier alpha value is -1.22. The van der Waals surface area contributed by atoms with E-state index in [-0.39, 0.29) is 11.2 Å². The molecule has 0 spiro atoms. The Morgan fingerprint density at radius 1 is 0.895 bits per heavy atom. The van der Waals surface area contributed by atoms with Crippen LogP contribution >= 0.6 is 11.3 Å². The molecule has 0 aliphatic carbocycles. The van der Waals surface area contributed by atoms with Gasteiger partial charge in [0.1, 0.15) is 11.2 Å². The lowest BCUT2D eigenvalue weighted by Gasteiger charge is -2.44. The summed E-state index contributed by atoms with van der Waals surface area (Å²) in [5.74, 6) is 0.922. The molecule has 1 aliphatic heterocycles. The highest BCUT2D eigenvalue weighted by Crippen LogP contribution is 2.53. The SMILES string of the molecule is Cc1ccc(C)c2c3c(sc12)OC(C)(C)C(C)(C)O3. The summed E-state index contributed by atoms with van der Waals surface area (Å²) in [5, 5.41) is 2.13. The number of hydrogen-bond donors (Lipinski definition) is 0. The molecule has 1 aliphatic rings. The van der Waals surface area contributed by atoms with Crippen LogP contribution in [-0.4, -0.2) is 11.2 Å². The van der Waals surface area contributed by atoms with Crippen LogP contribution in [0.2, 0.25) is 0 Å². The fraction of sp³-hybridized carbons (Fsp3) is 0.500. The van der Waals surface area contributed by atoms with E-state index < -0.39 is 0 Å². The number of fused-ring (bicyclic) bond motifs is 3. The van der Waals surface area contributed by atoms with Gasteiger partial charge in [-0.1, -0.05) is 23.5 Å². The quantitative estimate of drug-likeness (QED) is 0.685. The molecule has 0 radical (unpaired) electrons. The van der Waals surface area contributed by atoms with E-state index in [1.165, 1.54) is 21.2 Å². The van der Waals surface area contributed by atoms with Crippen molar-refractivity contribution < 1.29 is 9.47 Å². The zero-order chi connectivity index (χ0) is 14.0. The summed E-state index contributed by atoms with van der Waals surface area (Å²) in [7, 11) is 0. The largest absolute Gasteiger partial charge is 0.478 e. The summed E-state index contributed by atoms with van der Waals surface area (Å²) in [4.78, 5) is 0. The zero-order valence-corrected chi connectivity index (χ0v) is 13.2. The third-order valence-electron chi connectivity index (χ3n) is 4.33. The van der Waals surface area contributed by atoms with Crippen LogP contribution in [0, 0.1) is 13.8 Å². The minimum Gasteiger partial charge on any atom is -0.478 e. The molecule has 1 aromatic heterocycles. The number of thiophene rings is 1. The fourth-order valence-corrected chi connectivity index (χ4v) is 3.59. The Kier molecular flexibility index (Phi) is 2.47. The fourth-order valence-electron chi connectivity index (χ4n) is 2.33. The van der Waals surface area contributed by atoms with Crippen molar-refractivity contribution in [1.29, 1.82) is 0 Å². The van der Waals surface area contributed by atoms with Crippen LogP contribution in [0.5, 0.6) is 10.8 Å². The van der Waals surface area contributed by atoms with Gasteiger partial charge in [-0.3, -0.25) is 0 Å². The topological polar surface area (TPSA) is 18.5 Å². The normalized spacial score (nSPS) is 19.7. The molecule has 0 unspecified atom stereocenters. The first kappa shape index (κ1) is 12.8. The van der Waals surface area contributed by atoms with Crippen molar-refractivity contribution in [3.63, 3.8) is 0 Å². The summed E-state index contributed by atoms with van der Waals surface area (Å²) in [5.41, 5.74) is 1.85. The Morgan fingerprint density at radius 2 is 1.47 bits per heavy atom. The van der Waals surface area contributed by atoms with Gasteiger partial charge in [0.2, 0.25) is 5.06 Å². The van der Waals surface area contributed by atoms with Crippen molar-refractivity contribution in [3.8, 4) is 10.8 Å². The highest BCUT2D eigenvalue weighted by molar-refractivity contribution is 7.21. The third-order valence-corrected chi connectivity index (χ3v) is 5.51. The van der Waals surface area contributed by atoms with Gasteiger partial charge in [0.25, 0.3) is 0 Å². The molecule has 2 nitrogen and oxygen atoms in total. The minimum absolute atomic E-state index is 0.331. The molecule has 3 rings (SSSR count). The molecule has 1 aromatic carbocycles. The van der Waals surface area contributed by atoms with Crippen LogP contribution < -0.4 is 9.47 Å². The van der Waals surface area contributed by atoms with Gasteiger partial charge in [-0.2, -0.15) is 0 Å². The number of ether oxygens (including phenoxy) is 2. The second kappa shape index (κ2) is 3.66. The van der Waals surface area contributed by atoms with Crippen LogP contribution in [0.1, 0.15) is 38.8 Å². The van der Waals surface area contributed by atoms with Gasteiger partial charge >= 0.3 is 0 Å². The molecule has 0 saturated carbocycles. The van der Waals surface area contributed by atoms with Gasteiger partial charge in [-0.25, -0.2) is 0 Å². The van der Waals surface area contributed by atoms with Gasteiger partial charge < -0.3 is 9.47 Å². The predicted octanol–water partition coefficient (Wildman–Crippen LogP) is 4.85. The first-order valence-corrected chi connectivity index (χ1v) is 7.45. The first-order chi connectivity index (χ1) is 8.73. The minimum atomic E-state index is -0.343. The second-order valence-electron chi connectivity index (χ2n) is 6.35. The van der Waals surface area contributed by atoms with E-state index in [1.807, 2.05) is 0 Å². The summed E-state index contributed by atoms with van der Waals surface area (Å²) in [6.07, 6.45) is 0. The lowest BCUT2D eigenvalue weighted by atomic mass is 9.88. The standard InChI is InChI=1S/C16H20O2S/c1-9-7-8-10(2)13-11(9)12-14(19-13)18-16(5,6)15(3,4)17-12/h7-8H,1-6H3. The lowest BCUT2D eigenvalue weighted by Crippen LogP contribution is -2.55. The lowest BCUT2D eigenvalue weighted by molar-refractivity contribution is -0.0951. The second-order valence-corrected chi connectivity index (χ2v) is 7.33. The monoisotopic (exact) mass is 276 g/mol. The molecule has 19 heavy (non-hydrogen) atoms. The maximum atomic E-state index is 6.31. The third kappa shape index (κ3) is 1.68. The van der Waals surface area contributed by atoms with Gasteiger partial charge in [-0.05, 0) is 52.7 Å². The van der Waals surface area contributed by atoms with E-state index in [0.29, 0.717) is 0 Å². The highest BCUT2D eigenvalue weighted by Gasteiger charge is 2.47. The van der Waals surface area contributed by atoms with Crippen molar-refractivity contribution in [2.24, 2.45) is 0 Å². The molecular weight excluding hydrogens is 256 g/mol. The van der Waals surface area contributed by atoms with Crippen molar-refractivity contribution in [2.45, 2.75) is 52.7 Å². The average Bonchev–Trinajstić information content (AvgIpc) is 2.62. The average molecular weight is 276 g/mol. The van der Waals surface area contributed by atoms with E-state index in [1.54, 1.807) is 11.3 Å². The summed E-state index contributed by atoms with van der Waals surface area (Å²) in [6.45, 7) is 12.6. The van der Waals surface area contributed by atoms with Crippen LogP contribution in [0.3, 0.4) is 0 Å². The van der Waals surface area contributed by atoms with Gasteiger partial charge in [0.15, 0.2) is 5.75 Å². The Labute approximate surface area is 118 Å². The van der Waals surface area contributed by atoms with E-state index in [0.717, 1.165) is 10.8 Å². The van der Waals surface area contributed by atoms with Crippen molar-refractivity contribution in [2.75, 3.05) is 0 Å². The van der Waals surface area contributed by atoms with Crippen LogP contribution in [0.25, 0.3) is 10.1 Å². The molecule has 0 N–H and O–H groups in total. The van der Waals surface area contributed by atoms with Gasteiger partial charge in [0.05, 0.1) is 0 Å². The molecule has 102 valence electrons. The number of benzene rings is 1. The maximum Gasteiger partial charge on any atom is 0.218 e. The molecule has 0 saturated heterocycles. The van der Waals surface area contributed by atoms with Crippen molar-refractivity contribution >= 4 is 21.4 Å². The molecule has 0 bridgehead atoms. The summed E-state index contributed by atoms with van der Waals surface area (Å²) >= 11 is 1.70. The van der Waals surface area contributed by atoms with Crippen LogP contribution in [0.4, 0.5) is 0 Å². The molecule has 2 heterocycles. The Morgan fingerprint density at radius 3 is 2.16 bits per heavy atom. The number of rotatable bonds is 0. The Balaban J connectivity index is 2.31. The molecule has 0 atom stereocenters. The highest BCUT2D eigenvalue weighted by atomic mass is 32.1. The number of aryl methyl sites for hydroxylation is 2. The smallest absolute Gasteiger partial charge is 0.218 e. The summed E-state index contributed by atoms with van der Waals surface area (Å²) < 4.78 is 13.8. The summed E-state index contributed by atoms with van der Waals surface area (Å²) in [6, 6.07) is 4.32. The van der Waals surface area contributed by atoms with Crippen LogP contribution in [0.15, 0.2) is 12.1 Å². The van der Waals surface area contributed by atoms with E-state index in [2.05, 4.69) is 53.7 Å². The molecule has 0 fully saturated rings. The van der Waals surface area contributed by atoms with Gasteiger partial charge in [-0.15, -0.1) is 0 Å². The molecule has 2 aromatic rings. The van der Waals surface area contributed by atoms with E-state index >= 15 is 0 Å². The molecular formula is C16H20O2S. The zero-order valence-electron chi connectivity index (χ0n) is 12.4. The van der Waals surface area contributed by atoms with Crippen molar-refractivity contribution in [1.82, 2.24) is 0 Å². The molecule has 0 amide bonds. The maximum absolute atomic E-state index is 6.31. The van der Waals surface area contributed by atoms with Gasteiger partial charge in [0, 0.05) is 10.1 Å². The predicted molar refractivity (Wildman–Crippen MR) is 80.7 cm³/mol. The number of hydrogen-bond acceptors (Lipinski definition) is 3. The van der Waals surface area contributed by atoms with E-state index in [4.69, 9.17) is 9.47 Å². The first-order valence-electron chi connectivity index (χ1n) is 6.64. The molecule has 3 heteroatoms. The van der Waals surface area contributed by atoms with Crippen LogP contribution in [-0.2, 0) is 0 Å². The van der Waals surface area contributed by atoms with E-state index in [9.17, 15) is 0 Å². The Bertz CT molecular complexity index is 665. The van der Waals surface area contributed by atoms with Crippen molar-refractivity contribution in [3.05, 3.63) is 23.3 Å².